The molecule has 0 aliphatic rings. The minimum Gasteiger partial charge on any atom is -0.254 e. The summed E-state index contributed by atoms with van der Waals surface area (Å²) in [5.41, 5.74) is 0.931. The normalized spacial score (nSPS) is 10.2. The zero-order chi connectivity index (χ0) is 9.10. The molecular weight excluding hydrogens is 200 g/mol. The van der Waals surface area contributed by atoms with Crippen LogP contribution >= 0.6 is 24.0 Å². The Labute approximate surface area is 86.1 Å². The van der Waals surface area contributed by atoms with Crippen LogP contribution in [0.3, 0.4) is 0 Å². The lowest BCUT2D eigenvalue weighted by Crippen LogP contribution is -1.78. The van der Waals surface area contributed by atoms with E-state index in [1.54, 1.807) is 17.5 Å². The van der Waals surface area contributed by atoms with Crippen LogP contribution in [-0.2, 0) is 5.75 Å². The van der Waals surface area contributed by atoms with Crippen molar-refractivity contribution in [2.75, 3.05) is 0 Å². The quantitative estimate of drug-likeness (QED) is 0.768. The van der Waals surface area contributed by atoms with E-state index in [9.17, 15) is 0 Å². The third kappa shape index (κ3) is 1.89. The lowest BCUT2D eigenvalue weighted by Gasteiger charge is -1.91. The molecule has 0 saturated heterocycles. The van der Waals surface area contributed by atoms with Crippen molar-refractivity contribution in [1.82, 2.24) is 9.97 Å². The Morgan fingerprint density at radius 2 is 2.23 bits per heavy atom. The summed E-state index contributed by atoms with van der Waals surface area (Å²) in [7, 11) is 0. The Balaban J connectivity index is 2.36. The van der Waals surface area contributed by atoms with Gasteiger partial charge in [-0.2, -0.15) is 12.6 Å². The summed E-state index contributed by atoms with van der Waals surface area (Å²) in [4.78, 5) is 9.65. The highest BCUT2D eigenvalue weighted by molar-refractivity contribution is 7.79. The van der Waals surface area contributed by atoms with E-state index in [0.29, 0.717) is 0 Å². The van der Waals surface area contributed by atoms with Crippen molar-refractivity contribution in [3.63, 3.8) is 0 Å². The smallest absolute Gasteiger partial charge is 0.142 e. The second-order valence-electron chi connectivity index (χ2n) is 2.50. The molecule has 0 radical (unpaired) electrons. The molecule has 2 aromatic heterocycles. The Kier molecular flexibility index (Phi) is 2.61. The van der Waals surface area contributed by atoms with Gasteiger partial charge in [0.05, 0.1) is 5.69 Å². The highest BCUT2D eigenvalue weighted by atomic mass is 32.1. The van der Waals surface area contributed by atoms with Crippen molar-refractivity contribution in [2.24, 2.45) is 0 Å². The number of thiol groups is 1. The maximum absolute atomic E-state index is 4.26. The molecular formula is C9H8N2S2. The van der Waals surface area contributed by atoms with Crippen LogP contribution in [0.15, 0.2) is 30.6 Å². The van der Waals surface area contributed by atoms with Crippen LogP contribution < -0.4 is 0 Å². The predicted octanol–water partition coefficient (Wildman–Crippen LogP) is 2.63. The average molecular weight is 208 g/mol. The summed E-state index contributed by atoms with van der Waals surface area (Å²) in [6.45, 7) is 0. The van der Waals surface area contributed by atoms with E-state index >= 15 is 0 Å². The molecule has 0 N–H and O–H groups in total. The van der Waals surface area contributed by atoms with Crippen LogP contribution in [0.4, 0.5) is 0 Å². The molecule has 0 aliphatic heterocycles. The largest absolute Gasteiger partial charge is 0.254 e. The number of pyridine rings is 1. The lowest BCUT2D eigenvalue weighted by molar-refractivity contribution is 1.28. The Morgan fingerprint density at radius 1 is 1.31 bits per heavy atom. The highest BCUT2D eigenvalue weighted by Crippen LogP contribution is 2.23. The highest BCUT2D eigenvalue weighted by Gasteiger charge is 2.03. The van der Waals surface area contributed by atoms with E-state index in [4.69, 9.17) is 0 Å². The predicted molar refractivity (Wildman–Crippen MR) is 58.0 cm³/mol. The Hall–Kier alpha value is -0.870. The molecule has 2 nitrogen and oxygen atoms in total. The van der Waals surface area contributed by atoms with Crippen LogP contribution in [0.5, 0.6) is 0 Å². The van der Waals surface area contributed by atoms with Gasteiger partial charge in [-0.25, -0.2) is 4.98 Å². The van der Waals surface area contributed by atoms with Crippen molar-refractivity contribution in [3.8, 4) is 10.7 Å². The van der Waals surface area contributed by atoms with E-state index < -0.39 is 0 Å². The molecule has 0 bridgehead atoms. The average Bonchev–Trinajstić information content (AvgIpc) is 2.67. The minimum absolute atomic E-state index is 0.741. The van der Waals surface area contributed by atoms with Gasteiger partial charge >= 0.3 is 0 Å². The first-order valence-electron chi connectivity index (χ1n) is 3.87. The summed E-state index contributed by atoms with van der Waals surface area (Å²) in [5, 5.41) is 0.963. The topological polar surface area (TPSA) is 25.8 Å². The first-order valence-corrected chi connectivity index (χ1v) is 5.32. The second-order valence-corrected chi connectivity index (χ2v) is 3.94. The monoisotopic (exact) mass is 208 g/mol. The van der Waals surface area contributed by atoms with E-state index in [0.717, 1.165) is 16.5 Å². The van der Waals surface area contributed by atoms with Gasteiger partial charge in [0.25, 0.3) is 0 Å². The van der Waals surface area contributed by atoms with Crippen molar-refractivity contribution in [2.45, 2.75) is 5.75 Å². The molecule has 0 aromatic carbocycles. The maximum Gasteiger partial charge on any atom is 0.142 e. The van der Waals surface area contributed by atoms with Gasteiger partial charge in [0.1, 0.15) is 5.01 Å². The molecule has 0 amide bonds. The summed E-state index contributed by atoms with van der Waals surface area (Å²) in [6.07, 6.45) is 3.62. The summed E-state index contributed by atoms with van der Waals surface area (Å²) >= 11 is 5.82. The maximum atomic E-state index is 4.26. The van der Waals surface area contributed by atoms with Gasteiger partial charge in [0.2, 0.25) is 0 Å². The molecule has 0 atom stereocenters. The van der Waals surface area contributed by atoms with Crippen LogP contribution in [0, 0.1) is 0 Å². The molecule has 0 saturated carbocycles. The van der Waals surface area contributed by atoms with Crippen LogP contribution in [0.1, 0.15) is 4.88 Å². The van der Waals surface area contributed by atoms with Crippen molar-refractivity contribution < 1.29 is 0 Å². The summed E-state index contributed by atoms with van der Waals surface area (Å²) < 4.78 is 0. The number of nitrogens with zero attached hydrogens (tertiary/aromatic N) is 2. The standard InChI is InChI=1S/C9H8N2S2/c12-6-7-5-11-9(13-7)8-3-1-2-4-10-8/h1-5,12H,6H2. The number of hydrogen-bond acceptors (Lipinski definition) is 4. The second kappa shape index (κ2) is 3.89. The molecule has 0 fully saturated rings. The van der Waals surface area contributed by atoms with Crippen molar-refractivity contribution in [1.29, 1.82) is 0 Å². The molecule has 4 heteroatoms. The van der Waals surface area contributed by atoms with Crippen LogP contribution in [0.2, 0.25) is 0 Å². The van der Waals surface area contributed by atoms with Gasteiger partial charge in [-0.05, 0) is 12.1 Å². The zero-order valence-electron chi connectivity index (χ0n) is 6.84. The van der Waals surface area contributed by atoms with E-state index in [2.05, 4.69) is 22.6 Å². The van der Waals surface area contributed by atoms with Crippen LogP contribution in [-0.4, -0.2) is 9.97 Å². The Morgan fingerprint density at radius 3 is 2.85 bits per heavy atom. The zero-order valence-corrected chi connectivity index (χ0v) is 8.55. The van der Waals surface area contributed by atoms with Gasteiger partial charge in [0, 0.05) is 23.0 Å². The number of hydrogen-bond donors (Lipinski definition) is 1. The minimum atomic E-state index is 0.741. The van der Waals surface area contributed by atoms with Crippen molar-refractivity contribution >= 4 is 24.0 Å². The lowest BCUT2D eigenvalue weighted by atomic mass is 10.4. The number of aromatic nitrogens is 2. The molecule has 2 heterocycles. The van der Waals surface area contributed by atoms with Gasteiger partial charge in [-0.3, -0.25) is 4.98 Å². The Bertz CT molecular complexity index is 384. The van der Waals surface area contributed by atoms with E-state index in [1.165, 1.54) is 4.88 Å². The summed E-state index contributed by atoms with van der Waals surface area (Å²) in [5.74, 6) is 0.741. The fourth-order valence-electron chi connectivity index (χ4n) is 0.988. The third-order valence-corrected chi connectivity index (χ3v) is 3.17. The van der Waals surface area contributed by atoms with Gasteiger partial charge in [-0.1, -0.05) is 6.07 Å². The van der Waals surface area contributed by atoms with Gasteiger partial charge < -0.3 is 0 Å². The third-order valence-electron chi connectivity index (χ3n) is 1.59. The van der Waals surface area contributed by atoms with E-state index in [1.807, 2.05) is 24.4 Å². The van der Waals surface area contributed by atoms with Gasteiger partial charge in [-0.15, -0.1) is 11.3 Å². The summed E-state index contributed by atoms with van der Waals surface area (Å²) in [6, 6.07) is 5.82. The number of rotatable bonds is 2. The van der Waals surface area contributed by atoms with E-state index in [-0.39, 0.29) is 0 Å². The fourth-order valence-corrected chi connectivity index (χ4v) is 2.01. The molecule has 2 rings (SSSR count). The van der Waals surface area contributed by atoms with Crippen LogP contribution in [0.25, 0.3) is 10.7 Å². The van der Waals surface area contributed by atoms with Crippen molar-refractivity contribution in [3.05, 3.63) is 35.5 Å². The molecule has 0 spiro atoms. The molecule has 13 heavy (non-hydrogen) atoms. The first kappa shape index (κ1) is 8.72. The SMILES string of the molecule is SCc1cnc(-c2ccccn2)s1. The number of thiazole rings is 1. The molecule has 0 aliphatic carbocycles. The molecule has 0 unspecified atom stereocenters. The first-order chi connectivity index (χ1) is 6.40. The molecule has 2 aromatic rings. The fraction of sp³-hybridized carbons (Fsp3) is 0.111. The van der Waals surface area contributed by atoms with Gasteiger partial charge in [0.15, 0.2) is 0 Å². The molecule has 66 valence electrons.